The number of para-hydroxylation sites is 1. The van der Waals surface area contributed by atoms with Gasteiger partial charge in [-0.15, -0.1) is 0 Å². The molecule has 0 radical (unpaired) electrons. The summed E-state index contributed by atoms with van der Waals surface area (Å²) in [7, 11) is 1.64. The van der Waals surface area contributed by atoms with E-state index in [1.54, 1.807) is 18.1 Å². The fourth-order valence-corrected chi connectivity index (χ4v) is 3.57. The zero-order chi connectivity index (χ0) is 19.5. The van der Waals surface area contributed by atoms with E-state index in [9.17, 15) is 9.59 Å². The van der Waals surface area contributed by atoms with Gasteiger partial charge in [-0.25, -0.2) is 0 Å². The van der Waals surface area contributed by atoms with E-state index in [0.29, 0.717) is 36.2 Å². The molecule has 0 atom stereocenters. The first kappa shape index (κ1) is 18.0. The summed E-state index contributed by atoms with van der Waals surface area (Å²) in [6.45, 7) is 0.541. The molecule has 0 fully saturated rings. The van der Waals surface area contributed by atoms with Gasteiger partial charge in [-0.2, -0.15) is 0 Å². The van der Waals surface area contributed by atoms with Crippen LogP contribution in [0.15, 0.2) is 72.8 Å². The van der Waals surface area contributed by atoms with Crippen LogP contribution in [0.4, 0.5) is 5.69 Å². The Morgan fingerprint density at radius 1 is 0.929 bits per heavy atom. The van der Waals surface area contributed by atoms with Crippen molar-refractivity contribution in [3.05, 3.63) is 83.9 Å². The Morgan fingerprint density at radius 2 is 1.71 bits per heavy atom. The molecule has 0 unspecified atom stereocenters. The number of carbonyl (C=O) groups is 2. The molecule has 1 amide bonds. The third-order valence-corrected chi connectivity index (χ3v) is 5.06. The highest BCUT2D eigenvalue weighted by molar-refractivity contribution is 6.11. The number of benzene rings is 3. The summed E-state index contributed by atoms with van der Waals surface area (Å²) >= 11 is 0. The van der Waals surface area contributed by atoms with E-state index in [4.69, 9.17) is 4.74 Å². The Hall–Kier alpha value is -3.40. The first-order chi connectivity index (χ1) is 13.7. The van der Waals surface area contributed by atoms with E-state index in [2.05, 4.69) is 0 Å². The van der Waals surface area contributed by atoms with Gasteiger partial charge < -0.3 is 9.64 Å². The van der Waals surface area contributed by atoms with Crippen LogP contribution in [0.25, 0.3) is 11.1 Å². The van der Waals surface area contributed by atoms with Crippen LogP contribution in [-0.2, 0) is 0 Å². The number of ketones is 1. The number of hydrogen-bond donors (Lipinski definition) is 0. The number of carbonyl (C=O) groups excluding carboxylic acids is 2. The van der Waals surface area contributed by atoms with Crippen LogP contribution < -0.4 is 9.64 Å². The van der Waals surface area contributed by atoms with Gasteiger partial charge in [0.2, 0.25) is 0 Å². The van der Waals surface area contributed by atoms with E-state index in [0.717, 1.165) is 16.9 Å². The third-order valence-electron chi connectivity index (χ3n) is 5.06. The van der Waals surface area contributed by atoms with Crippen LogP contribution in [0.1, 0.15) is 33.6 Å². The van der Waals surface area contributed by atoms with Crippen molar-refractivity contribution >= 4 is 17.4 Å². The van der Waals surface area contributed by atoms with Gasteiger partial charge in [0.25, 0.3) is 5.91 Å². The maximum absolute atomic E-state index is 13.2. The summed E-state index contributed by atoms with van der Waals surface area (Å²) in [5.41, 5.74) is 3.98. The van der Waals surface area contributed by atoms with Crippen molar-refractivity contribution in [2.45, 2.75) is 12.8 Å². The molecule has 1 aliphatic rings. The molecule has 28 heavy (non-hydrogen) atoms. The molecule has 0 saturated heterocycles. The van der Waals surface area contributed by atoms with Gasteiger partial charge in [0.1, 0.15) is 5.75 Å². The van der Waals surface area contributed by atoms with Gasteiger partial charge in [0, 0.05) is 24.1 Å². The molecule has 0 saturated carbocycles. The minimum absolute atomic E-state index is 0.0839. The zero-order valence-electron chi connectivity index (χ0n) is 15.7. The molecule has 4 rings (SSSR count). The van der Waals surface area contributed by atoms with Crippen molar-refractivity contribution in [1.29, 1.82) is 0 Å². The first-order valence-electron chi connectivity index (χ1n) is 9.36. The minimum Gasteiger partial charge on any atom is -0.497 e. The number of fused-ring (bicyclic) bond motifs is 1. The Bertz CT molecular complexity index is 1020. The molecule has 3 aromatic carbocycles. The molecule has 0 N–H and O–H groups in total. The molecule has 0 bridgehead atoms. The smallest absolute Gasteiger partial charge is 0.258 e. The zero-order valence-corrected chi connectivity index (χ0v) is 15.7. The molecule has 4 heteroatoms. The normalized spacial score (nSPS) is 13.6. The van der Waals surface area contributed by atoms with Gasteiger partial charge in [-0.3, -0.25) is 9.59 Å². The van der Waals surface area contributed by atoms with E-state index in [1.807, 2.05) is 66.7 Å². The molecule has 0 aliphatic carbocycles. The number of nitrogens with zero attached hydrogens (tertiary/aromatic N) is 1. The van der Waals surface area contributed by atoms with Crippen molar-refractivity contribution in [3.8, 4) is 16.9 Å². The average Bonchev–Trinajstić information content (AvgIpc) is 2.92. The second kappa shape index (κ2) is 7.69. The Morgan fingerprint density at radius 3 is 2.50 bits per heavy atom. The van der Waals surface area contributed by atoms with Crippen LogP contribution >= 0.6 is 0 Å². The first-order valence-corrected chi connectivity index (χ1v) is 9.36. The van der Waals surface area contributed by atoms with E-state index < -0.39 is 0 Å². The van der Waals surface area contributed by atoms with Gasteiger partial charge >= 0.3 is 0 Å². The lowest BCUT2D eigenvalue weighted by atomic mass is 10.0. The Kier molecular flexibility index (Phi) is 4.94. The van der Waals surface area contributed by atoms with E-state index in [-0.39, 0.29) is 11.7 Å². The number of Topliss-reactive ketones (excluding diaryl/α,β-unsaturated/α-hetero) is 1. The van der Waals surface area contributed by atoms with Crippen molar-refractivity contribution in [3.63, 3.8) is 0 Å². The van der Waals surface area contributed by atoms with Crippen LogP contribution in [0.3, 0.4) is 0 Å². The number of methoxy groups -OCH3 is 1. The predicted molar refractivity (Wildman–Crippen MR) is 110 cm³/mol. The number of rotatable bonds is 3. The second-order valence-corrected chi connectivity index (χ2v) is 6.81. The molecular weight excluding hydrogens is 350 g/mol. The molecule has 140 valence electrons. The minimum atomic E-state index is -0.0839. The van der Waals surface area contributed by atoms with Gasteiger partial charge in [0.15, 0.2) is 5.78 Å². The molecule has 0 spiro atoms. The number of anilines is 1. The third kappa shape index (κ3) is 3.41. The highest BCUT2D eigenvalue weighted by Gasteiger charge is 2.25. The summed E-state index contributed by atoms with van der Waals surface area (Å²) in [6.07, 6.45) is 1.14. The van der Waals surface area contributed by atoms with Crippen LogP contribution in [-0.4, -0.2) is 25.3 Å². The molecular formula is C24H21NO3. The fourth-order valence-electron chi connectivity index (χ4n) is 3.57. The molecule has 0 aromatic heterocycles. The van der Waals surface area contributed by atoms with Crippen molar-refractivity contribution < 1.29 is 14.3 Å². The topological polar surface area (TPSA) is 46.6 Å². The second-order valence-electron chi connectivity index (χ2n) is 6.81. The van der Waals surface area contributed by atoms with Crippen LogP contribution in [0.5, 0.6) is 5.75 Å². The highest BCUT2D eigenvalue weighted by atomic mass is 16.5. The molecule has 3 aromatic rings. The SMILES string of the molecule is COc1cccc(-c2ccc(C(=O)N3CCCC(=O)c4ccccc43)cc2)c1. The average molecular weight is 371 g/mol. The summed E-state index contributed by atoms with van der Waals surface area (Å²) in [6, 6.07) is 22.7. The van der Waals surface area contributed by atoms with Crippen LogP contribution in [0, 0.1) is 0 Å². The summed E-state index contributed by atoms with van der Waals surface area (Å²) in [5.74, 6) is 0.808. The number of hydrogen-bond acceptors (Lipinski definition) is 3. The lowest BCUT2D eigenvalue weighted by molar-refractivity contribution is 0.0974. The molecule has 4 nitrogen and oxygen atoms in total. The standard InChI is InChI=1S/C24H21NO3/c1-28-20-7-4-6-19(16-20)17-11-13-18(14-12-17)24(27)25-15-5-10-23(26)21-8-2-3-9-22(21)25/h2-4,6-9,11-14,16H,5,10,15H2,1H3. The lowest BCUT2D eigenvalue weighted by Gasteiger charge is -2.22. The summed E-state index contributed by atoms with van der Waals surface area (Å²) in [5, 5.41) is 0. The maximum atomic E-state index is 13.2. The van der Waals surface area contributed by atoms with Crippen LogP contribution in [0.2, 0.25) is 0 Å². The lowest BCUT2D eigenvalue weighted by Crippen LogP contribution is -2.31. The van der Waals surface area contributed by atoms with E-state index in [1.165, 1.54) is 0 Å². The molecule has 1 heterocycles. The maximum Gasteiger partial charge on any atom is 0.258 e. The van der Waals surface area contributed by atoms with Crippen molar-refractivity contribution in [1.82, 2.24) is 0 Å². The quantitative estimate of drug-likeness (QED) is 0.652. The van der Waals surface area contributed by atoms with E-state index >= 15 is 0 Å². The Labute approximate surface area is 164 Å². The fraction of sp³-hybridized carbons (Fsp3) is 0.167. The monoisotopic (exact) mass is 371 g/mol. The largest absolute Gasteiger partial charge is 0.497 e. The van der Waals surface area contributed by atoms with Gasteiger partial charge in [0.05, 0.1) is 12.8 Å². The van der Waals surface area contributed by atoms with Crippen molar-refractivity contribution in [2.75, 3.05) is 18.6 Å². The Balaban J connectivity index is 1.63. The summed E-state index contributed by atoms with van der Waals surface area (Å²) in [4.78, 5) is 27.2. The van der Waals surface area contributed by atoms with Crippen molar-refractivity contribution in [2.24, 2.45) is 0 Å². The number of ether oxygens (including phenoxy) is 1. The van der Waals surface area contributed by atoms with Gasteiger partial charge in [-0.05, 0) is 53.9 Å². The molecule has 1 aliphatic heterocycles. The summed E-state index contributed by atoms with van der Waals surface area (Å²) < 4.78 is 5.28. The predicted octanol–water partition coefficient (Wildman–Crippen LogP) is 4.99. The highest BCUT2D eigenvalue weighted by Crippen LogP contribution is 2.29. The number of amides is 1. The van der Waals surface area contributed by atoms with Gasteiger partial charge in [-0.1, -0.05) is 36.4 Å².